The van der Waals surface area contributed by atoms with Crippen LogP contribution in [0, 0.1) is 6.92 Å². The van der Waals surface area contributed by atoms with Gasteiger partial charge in [0.15, 0.2) is 5.96 Å². The SMILES string of the molecule is Cc1ccoc1CN=C(N(C)C)N(C)C. The van der Waals surface area contributed by atoms with E-state index in [-0.39, 0.29) is 0 Å². The predicted octanol–water partition coefficient (Wildman–Crippen LogP) is 1.57. The van der Waals surface area contributed by atoms with Gasteiger partial charge >= 0.3 is 0 Å². The summed E-state index contributed by atoms with van der Waals surface area (Å²) in [4.78, 5) is 8.47. The van der Waals surface area contributed by atoms with E-state index in [9.17, 15) is 0 Å². The Kier molecular flexibility index (Phi) is 3.77. The first-order chi connectivity index (χ1) is 7.02. The van der Waals surface area contributed by atoms with Crippen LogP contribution in [0.3, 0.4) is 0 Å². The van der Waals surface area contributed by atoms with Gasteiger partial charge in [-0.1, -0.05) is 0 Å². The largest absolute Gasteiger partial charge is 0.467 e. The Labute approximate surface area is 91.2 Å². The quantitative estimate of drug-likeness (QED) is 0.547. The van der Waals surface area contributed by atoms with E-state index in [0.717, 1.165) is 17.3 Å². The van der Waals surface area contributed by atoms with Crippen molar-refractivity contribution >= 4 is 5.96 Å². The van der Waals surface area contributed by atoms with E-state index in [1.165, 1.54) is 0 Å². The average Bonchev–Trinajstić information content (AvgIpc) is 2.51. The van der Waals surface area contributed by atoms with Crippen molar-refractivity contribution in [1.82, 2.24) is 9.80 Å². The average molecular weight is 209 g/mol. The Morgan fingerprint density at radius 1 is 1.27 bits per heavy atom. The zero-order valence-electron chi connectivity index (χ0n) is 10.1. The van der Waals surface area contributed by atoms with Crippen molar-refractivity contribution < 1.29 is 4.42 Å². The molecule has 1 aromatic rings. The van der Waals surface area contributed by atoms with Crippen LogP contribution in [0.25, 0.3) is 0 Å². The van der Waals surface area contributed by atoms with E-state index in [4.69, 9.17) is 4.42 Å². The van der Waals surface area contributed by atoms with E-state index in [1.807, 2.05) is 51.0 Å². The van der Waals surface area contributed by atoms with Crippen LogP contribution in [0.5, 0.6) is 0 Å². The summed E-state index contributed by atoms with van der Waals surface area (Å²) in [6, 6.07) is 1.95. The molecule has 0 aliphatic rings. The van der Waals surface area contributed by atoms with E-state index < -0.39 is 0 Å². The summed E-state index contributed by atoms with van der Waals surface area (Å²) in [5.74, 6) is 1.86. The fourth-order valence-corrected chi connectivity index (χ4v) is 1.39. The van der Waals surface area contributed by atoms with Gasteiger partial charge < -0.3 is 14.2 Å². The van der Waals surface area contributed by atoms with Crippen LogP contribution in [-0.4, -0.2) is 44.0 Å². The Morgan fingerprint density at radius 2 is 1.87 bits per heavy atom. The van der Waals surface area contributed by atoms with Crippen LogP contribution in [0.4, 0.5) is 0 Å². The molecule has 0 saturated carbocycles. The predicted molar refractivity (Wildman–Crippen MR) is 62.0 cm³/mol. The van der Waals surface area contributed by atoms with Gasteiger partial charge in [0.1, 0.15) is 12.3 Å². The number of furan rings is 1. The molecule has 0 aromatic carbocycles. The molecule has 0 radical (unpaired) electrons. The third kappa shape index (κ3) is 3.01. The summed E-state index contributed by atoms with van der Waals surface area (Å²) in [5, 5.41) is 0. The molecule has 4 nitrogen and oxygen atoms in total. The number of aryl methyl sites for hydroxylation is 1. The van der Waals surface area contributed by atoms with E-state index in [2.05, 4.69) is 4.99 Å². The smallest absolute Gasteiger partial charge is 0.195 e. The number of aliphatic imine (C=N–C) groups is 1. The first-order valence-electron chi connectivity index (χ1n) is 4.94. The van der Waals surface area contributed by atoms with Gasteiger partial charge in [0.05, 0.1) is 6.26 Å². The van der Waals surface area contributed by atoms with Crippen molar-refractivity contribution in [2.24, 2.45) is 4.99 Å². The molecule has 0 spiro atoms. The summed E-state index contributed by atoms with van der Waals surface area (Å²) in [5.41, 5.74) is 1.15. The second-order valence-corrected chi connectivity index (χ2v) is 3.93. The van der Waals surface area contributed by atoms with Gasteiger partial charge in [-0.2, -0.15) is 0 Å². The fraction of sp³-hybridized carbons (Fsp3) is 0.545. The number of hydrogen-bond donors (Lipinski definition) is 0. The molecule has 0 atom stereocenters. The van der Waals surface area contributed by atoms with Crippen molar-refractivity contribution in [2.75, 3.05) is 28.2 Å². The van der Waals surface area contributed by atoms with Crippen molar-refractivity contribution in [1.29, 1.82) is 0 Å². The van der Waals surface area contributed by atoms with Crippen molar-refractivity contribution in [2.45, 2.75) is 13.5 Å². The van der Waals surface area contributed by atoms with Gasteiger partial charge in [-0.25, -0.2) is 4.99 Å². The summed E-state index contributed by atoms with van der Waals surface area (Å²) in [6.07, 6.45) is 1.70. The molecule has 0 aliphatic heterocycles. The van der Waals surface area contributed by atoms with Crippen LogP contribution < -0.4 is 0 Å². The van der Waals surface area contributed by atoms with Gasteiger partial charge in [0, 0.05) is 28.2 Å². The molecule has 0 bridgehead atoms. The standard InChI is InChI=1S/C11H19N3O/c1-9-6-7-15-10(9)8-12-11(13(2)3)14(4)5/h6-7H,8H2,1-5H3. The van der Waals surface area contributed by atoms with Crippen LogP contribution in [0.2, 0.25) is 0 Å². The highest BCUT2D eigenvalue weighted by Crippen LogP contribution is 2.10. The van der Waals surface area contributed by atoms with Gasteiger partial charge in [-0.05, 0) is 18.6 Å². The molecule has 1 heterocycles. The number of guanidine groups is 1. The van der Waals surface area contributed by atoms with Crippen molar-refractivity contribution in [3.05, 3.63) is 23.7 Å². The molecule has 0 aliphatic carbocycles. The van der Waals surface area contributed by atoms with Crippen LogP contribution in [-0.2, 0) is 6.54 Å². The van der Waals surface area contributed by atoms with Gasteiger partial charge in [0.2, 0.25) is 0 Å². The molecule has 0 N–H and O–H groups in total. The molecular weight excluding hydrogens is 190 g/mol. The highest BCUT2D eigenvalue weighted by molar-refractivity contribution is 5.79. The first-order valence-corrected chi connectivity index (χ1v) is 4.94. The molecule has 84 valence electrons. The normalized spacial score (nSPS) is 9.93. The first kappa shape index (κ1) is 11.6. The van der Waals surface area contributed by atoms with Gasteiger partial charge in [-0.15, -0.1) is 0 Å². The lowest BCUT2D eigenvalue weighted by molar-refractivity contribution is 0.469. The van der Waals surface area contributed by atoms with E-state index in [1.54, 1.807) is 6.26 Å². The highest BCUT2D eigenvalue weighted by Gasteiger charge is 2.05. The maximum absolute atomic E-state index is 5.33. The number of nitrogens with zero attached hydrogens (tertiary/aromatic N) is 3. The molecule has 15 heavy (non-hydrogen) atoms. The molecule has 0 amide bonds. The lowest BCUT2D eigenvalue weighted by atomic mass is 10.3. The Balaban J connectivity index is 2.74. The van der Waals surface area contributed by atoms with Crippen molar-refractivity contribution in [3.8, 4) is 0 Å². The Bertz CT molecular complexity index is 329. The molecule has 0 fully saturated rings. The van der Waals surface area contributed by atoms with Gasteiger partial charge in [-0.3, -0.25) is 0 Å². The molecule has 1 aromatic heterocycles. The lowest BCUT2D eigenvalue weighted by Crippen LogP contribution is -2.35. The maximum Gasteiger partial charge on any atom is 0.195 e. The maximum atomic E-state index is 5.33. The second kappa shape index (κ2) is 4.87. The third-order valence-electron chi connectivity index (χ3n) is 2.13. The fourth-order valence-electron chi connectivity index (χ4n) is 1.39. The third-order valence-corrected chi connectivity index (χ3v) is 2.13. The van der Waals surface area contributed by atoms with E-state index >= 15 is 0 Å². The van der Waals surface area contributed by atoms with Gasteiger partial charge in [0.25, 0.3) is 0 Å². The Morgan fingerprint density at radius 3 is 2.27 bits per heavy atom. The molecule has 0 saturated heterocycles. The topological polar surface area (TPSA) is 32.0 Å². The molecular formula is C11H19N3O. The summed E-state index contributed by atoms with van der Waals surface area (Å²) < 4.78 is 5.33. The van der Waals surface area contributed by atoms with Crippen molar-refractivity contribution in [3.63, 3.8) is 0 Å². The Hall–Kier alpha value is -1.45. The lowest BCUT2D eigenvalue weighted by Gasteiger charge is -2.22. The minimum atomic E-state index is 0.588. The molecule has 1 rings (SSSR count). The van der Waals surface area contributed by atoms with Crippen LogP contribution in [0.15, 0.2) is 21.7 Å². The molecule has 4 heteroatoms. The number of hydrogen-bond acceptors (Lipinski definition) is 2. The summed E-state index contributed by atoms with van der Waals surface area (Å²) in [7, 11) is 7.92. The second-order valence-electron chi connectivity index (χ2n) is 3.93. The summed E-state index contributed by atoms with van der Waals surface area (Å²) in [6.45, 7) is 2.61. The minimum absolute atomic E-state index is 0.588. The minimum Gasteiger partial charge on any atom is -0.467 e. The van der Waals surface area contributed by atoms with Crippen LogP contribution >= 0.6 is 0 Å². The zero-order chi connectivity index (χ0) is 11.4. The number of rotatable bonds is 2. The zero-order valence-corrected chi connectivity index (χ0v) is 10.1. The monoisotopic (exact) mass is 209 g/mol. The van der Waals surface area contributed by atoms with E-state index in [0.29, 0.717) is 6.54 Å². The summed E-state index contributed by atoms with van der Waals surface area (Å²) >= 11 is 0. The van der Waals surface area contributed by atoms with Crippen LogP contribution in [0.1, 0.15) is 11.3 Å². The molecule has 0 unspecified atom stereocenters. The highest BCUT2D eigenvalue weighted by atomic mass is 16.3.